The van der Waals surface area contributed by atoms with Gasteiger partial charge < -0.3 is 4.90 Å². The van der Waals surface area contributed by atoms with Gasteiger partial charge in [-0.3, -0.25) is 4.79 Å². The first-order valence-electron chi connectivity index (χ1n) is 6.49. The van der Waals surface area contributed by atoms with Gasteiger partial charge in [-0.15, -0.1) is 0 Å². The number of carbonyl (C=O) groups excluding carboxylic acids is 1. The van der Waals surface area contributed by atoms with E-state index < -0.39 is 29.0 Å². The number of hydrogen-bond donors (Lipinski definition) is 0. The van der Waals surface area contributed by atoms with Crippen LogP contribution in [0.1, 0.15) is 35.7 Å². The minimum Gasteiger partial charge on any atom is -0.338 e. The molecule has 1 atom stereocenters. The van der Waals surface area contributed by atoms with Gasteiger partial charge in [0, 0.05) is 13.1 Å². The van der Waals surface area contributed by atoms with Gasteiger partial charge in [0.2, 0.25) is 0 Å². The second kappa shape index (κ2) is 5.42. The van der Waals surface area contributed by atoms with E-state index in [1.807, 2.05) is 6.92 Å². The normalized spacial score (nSPS) is 19.4. The molecule has 110 valence electrons. The minimum atomic E-state index is -4.79. The van der Waals surface area contributed by atoms with Gasteiger partial charge in [0.25, 0.3) is 5.91 Å². The Labute approximate surface area is 114 Å². The van der Waals surface area contributed by atoms with Crippen LogP contribution < -0.4 is 0 Å². The maximum absolute atomic E-state index is 13.9. The molecule has 1 unspecified atom stereocenters. The van der Waals surface area contributed by atoms with Gasteiger partial charge in [0.05, 0.1) is 11.1 Å². The predicted octanol–water partition coefficient (Wildman–Crippen LogP) is 3.72. The third-order valence-electron chi connectivity index (χ3n) is 3.68. The molecule has 0 spiro atoms. The van der Waals surface area contributed by atoms with E-state index in [0.29, 0.717) is 25.1 Å². The lowest BCUT2D eigenvalue weighted by Crippen LogP contribution is -2.30. The molecule has 2 nitrogen and oxygen atoms in total. The molecule has 2 rings (SSSR count). The van der Waals surface area contributed by atoms with Gasteiger partial charge >= 0.3 is 6.18 Å². The summed E-state index contributed by atoms with van der Waals surface area (Å²) in [7, 11) is 0. The Hall–Kier alpha value is -1.59. The standard InChI is InChI=1S/C14H15F4NO/c1-2-9-6-7-19(8-9)13(20)10-4-3-5-11(12(10)15)14(16,17)18/h3-5,9H,2,6-8H2,1H3. The molecule has 1 aromatic carbocycles. The van der Waals surface area contributed by atoms with Crippen molar-refractivity contribution in [3.05, 3.63) is 35.1 Å². The molecule has 1 heterocycles. The molecule has 1 aromatic rings. The molecule has 1 aliphatic rings. The third kappa shape index (κ3) is 2.78. The Balaban J connectivity index is 2.28. The number of halogens is 4. The summed E-state index contributed by atoms with van der Waals surface area (Å²) < 4.78 is 51.7. The summed E-state index contributed by atoms with van der Waals surface area (Å²) in [5.74, 6) is -1.80. The third-order valence-corrected chi connectivity index (χ3v) is 3.68. The Morgan fingerprint density at radius 2 is 2.10 bits per heavy atom. The highest BCUT2D eigenvalue weighted by Crippen LogP contribution is 2.33. The number of likely N-dealkylation sites (tertiary alicyclic amines) is 1. The van der Waals surface area contributed by atoms with Crippen LogP contribution in [0.4, 0.5) is 17.6 Å². The van der Waals surface area contributed by atoms with Crippen molar-refractivity contribution in [3.63, 3.8) is 0 Å². The van der Waals surface area contributed by atoms with Crippen LogP contribution in [0.2, 0.25) is 0 Å². The number of hydrogen-bond acceptors (Lipinski definition) is 1. The quantitative estimate of drug-likeness (QED) is 0.760. The lowest BCUT2D eigenvalue weighted by atomic mass is 10.1. The molecule has 1 fully saturated rings. The van der Waals surface area contributed by atoms with E-state index in [-0.39, 0.29) is 0 Å². The van der Waals surface area contributed by atoms with Gasteiger partial charge in [0.1, 0.15) is 5.82 Å². The number of nitrogens with zero attached hydrogens (tertiary/aromatic N) is 1. The Bertz CT molecular complexity index is 512. The van der Waals surface area contributed by atoms with Crippen molar-refractivity contribution in [3.8, 4) is 0 Å². The molecule has 1 amide bonds. The van der Waals surface area contributed by atoms with Gasteiger partial charge in [-0.1, -0.05) is 19.4 Å². The van der Waals surface area contributed by atoms with Crippen molar-refractivity contribution in [2.24, 2.45) is 5.92 Å². The van der Waals surface area contributed by atoms with Gasteiger partial charge in [-0.05, 0) is 24.5 Å². The van der Waals surface area contributed by atoms with E-state index in [1.165, 1.54) is 4.90 Å². The summed E-state index contributed by atoms with van der Waals surface area (Å²) in [5.41, 5.74) is -1.90. The molecule has 0 aromatic heterocycles. The van der Waals surface area contributed by atoms with Crippen LogP contribution in [0.5, 0.6) is 0 Å². The maximum atomic E-state index is 13.9. The fourth-order valence-electron chi connectivity index (χ4n) is 2.44. The first-order chi connectivity index (χ1) is 9.34. The first-order valence-corrected chi connectivity index (χ1v) is 6.49. The number of alkyl halides is 3. The molecule has 20 heavy (non-hydrogen) atoms. The fourth-order valence-corrected chi connectivity index (χ4v) is 2.44. The average Bonchev–Trinajstić information content (AvgIpc) is 2.85. The van der Waals surface area contributed by atoms with Crippen molar-refractivity contribution < 1.29 is 22.4 Å². The summed E-state index contributed by atoms with van der Waals surface area (Å²) in [5, 5.41) is 0. The first kappa shape index (κ1) is 14.8. The molecule has 0 bridgehead atoms. The van der Waals surface area contributed by atoms with Gasteiger partial charge in [-0.25, -0.2) is 4.39 Å². The molecular formula is C14H15F4NO. The van der Waals surface area contributed by atoms with Gasteiger partial charge in [-0.2, -0.15) is 13.2 Å². The second-order valence-corrected chi connectivity index (χ2v) is 4.98. The van der Waals surface area contributed by atoms with Crippen molar-refractivity contribution in [2.75, 3.05) is 13.1 Å². The number of amides is 1. The molecule has 0 aliphatic carbocycles. The number of rotatable bonds is 2. The zero-order chi connectivity index (χ0) is 14.9. The Morgan fingerprint density at radius 1 is 1.40 bits per heavy atom. The highest BCUT2D eigenvalue weighted by Gasteiger charge is 2.37. The molecule has 0 radical (unpaired) electrons. The van der Waals surface area contributed by atoms with Crippen LogP contribution in [-0.2, 0) is 6.18 Å². The van der Waals surface area contributed by atoms with Crippen molar-refractivity contribution in [1.29, 1.82) is 0 Å². The average molecular weight is 289 g/mol. The van der Waals surface area contributed by atoms with E-state index in [9.17, 15) is 22.4 Å². The largest absolute Gasteiger partial charge is 0.419 e. The topological polar surface area (TPSA) is 20.3 Å². The highest BCUT2D eigenvalue weighted by molar-refractivity contribution is 5.95. The van der Waals surface area contributed by atoms with Crippen molar-refractivity contribution in [2.45, 2.75) is 25.9 Å². The SMILES string of the molecule is CCC1CCN(C(=O)c2cccc(C(F)(F)F)c2F)C1. The fraction of sp³-hybridized carbons (Fsp3) is 0.500. The van der Waals surface area contributed by atoms with Crippen LogP contribution >= 0.6 is 0 Å². The van der Waals surface area contributed by atoms with E-state index >= 15 is 0 Å². The zero-order valence-electron chi connectivity index (χ0n) is 11.0. The Kier molecular flexibility index (Phi) is 4.01. The number of benzene rings is 1. The molecule has 0 N–H and O–H groups in total. The van der Waals surface area contributed by atoms with Crippen LogP contribution in [0, 0.1) is 11.7 Å². The maximum Gasteiger partial charge on any atom is 0.419 e. The summed E-state index contributed by atoms with van der Waals surface area (Å²) in [6.45, 7) is 2.93. The smallest absolute Gasteiger partial charge is 0.338 e. The van der Waals surface area contributed by atoms with Crippen molar-refractivity contribution >= 4 is 5.91 Å². The molecule has 1 aliphatic heterocycles. The number of carbonyl (C=O) groups is 1. The van der Waals surface area contributed by atoms with E-state index in [4.69, 9.17) is 0 Å². The Morgan fingerprint density at radius 3 is 2.65 bits per heavy atom. The van der Waals surface area contributed by atoms with Crippen LogP contribution in [0.15, 0.2) is 18.2 Å². The molecule has 6 heteroatoms. The molecular weight excluding hydrogens is 274 g/mol. The van der Waals surface area contributed by atoms with E-state index in [2.05, 4.69) is 0 Å². The van der Waals surface area contributed by atoms with Crippen LogP contribution in [-0.4, -0.2) is 23.9 Å². The summed E-state index contributed by atoms with van der Waals surface area (Å²) in [6, 6.07) is 2.81. The lowest BCUT2D eigenvalue weighted by molar-refractivity contribution is -0.140. The monoisotopic (exact) mass is 289 g/mol. The highest BCUT2D eigenvalue weighted by atomic mass is 19.4. The molecule has 0 saturated carbocycles. The second-order valence-electron chi connectivity index (χ2n) is 4.98. The lowest BCUT2D eigenvalue weighted by Gasteiger charge is -2.18. The molecule has 1 saturated heterocycles. The van der Waals surface area contributed by atoms with Gasteiger partial charge in [0.15, 0.2) is 0 Å². The zero-order valence-corrected chi connectivity index (χ0v) is 11.0. The summed E-state index contributed by atoms with van der Waals surface area (Å²) in [4.78, 5) is 13.6. The van der Waals surface area contributed by atoms with Crippen molar-refractivity contribution in [1.82, 2.24) is 4.90 Å². The van der Waals surface area contributed by atoms with Crippen LogP contribution in [0.3, 0.4) is 0 Å². The van der Waals surface area contributed by atoms with E-state index in [0.717, 1.165) is 25.0 Å². The summed E-state index contributed by atoms with van der Waals surface area (Å²) >= 11 is 0. The minimum absolute atomic E-state index is 0.341. The summed E-state index contributed by atoms with van der Waals surface area (Å²) in [6.07, 6.45) is -3.09. The van der Waals surface area contributed by atoms with Crippen LogP contribution in [0.25, 0.3) is 0 Å². The van der Waals surface area contributed by atoms with E-state index in [1.54, 1.807) is 0 Å². The predicted molar refractivity (Wildman–Crippen MR) is 65.7 cm³/mol.